The number of aryl methyl sites for hydroxylation is 1. The van der Waals surface area contributed by atoms with Crippen LogP contribution in [0.25, 0.3) is 5.52 Å². The van der Waals surface area contributed by atoms with Crippen molar-refractivity contribution in [2.24, 2.45) is 5.92 Å². The van der Waals surface area contributed by atoms with Crippen molar-refractivity contribution in [1.29, 1.82) is 0 Å². The van der Waals surface area contributed by atoms with Crippen LogP contribution >= 0.6 is 0 Å². The Labute approximate surface area is 123 Å². The summed E-state index contributed by atoms with van der Waals surface area (Å²) < 4.78 is 7.53. The zero-order valence-corrected chi connectivity index (χ0v) is 12.2. The van der Waals surface area contributed by atoms with Crippen molar-refractivity contribution in [1.82, 2.24) is 14.5 Å². The van der Waals surface area contributed by atoms with Crippen LogP contribution in [0.4, 0.5) is 0 Å². The van der Waals surface area contributed by atoms with Gasteiger partial charge in [-0.05, 0) is 37.8 Å². The van der Waals surface area contributed by atoms with E-state index in [2.05, 4.69) is 10.00 Å². The van der Waals surface area contributed by atoms with Crippen LogP contribution < -0.4 is 0 Å². The molecule has 2 bridgehead atoms. The Hall–Kier alpha value is -1.88. The molecule has 5 nitrogen and oxygen atoms in total. The number of rotatable bonds is 2. The molecule has 1 atom stereocenters. The van der Waals surface area contributed by atoms with E-state index in [-0.39, 0.29) is 12.2 Å². The lowest BCUT2D eigenvalue weighted by Crippen LogP contribution is -2.50. The Morgan fingerprint density at radius 3 is 2.86 bits per heavy atom. The summed E-state index contributed by atoms with van der Waals surface area (Å²) in [6, 6.07) is 5.82. The second-order valence-corrected chi connectivity index (χ2v) is 6.10. The smallest absolute Gasteiger partial charge is 0.343 e. The fourth-order valence-corrected chi connectivity index (χ4v) is 3.53. The van der Waals surface area contributed by atoms with E-state index in [0.29, 0.717) is 5.56 Å². The van der Waals surface area contributed by atoms with Crippen molar-refractivity contribution in [3.63, 3.8) is 0 Å². The normalized spacial score (nSPS) is 28.0. The molecule has 3 saturated heterocycles. The molecule has 21 heavy (non-hydrogen) atoms. The SMILES string of the molecule is Cc1cccc2c(C(=O)OC3CC4CCN3CC4)cnn12. The molecule has 2 aromatic heterocycles. The lowest BCUT2D eigenvalue weighted by atomic mass is 9.87. The van der Waals surface area contributed by atoms with Gasteiger partial charge < -0.3 is 4.74 Å². The van der Waals surface area contributed by atoms with Gasteiger partial charge >= 0.3 is 5.97 Å². The number of nitrogens with zero attached hydrogens (tertiary/aromatic N) is 3. The predicted octanol–water partition coefficient (Wildman–Crippen LogP) is 2.24. The highest BCUT2D eigenvalue weighted by Crippen LogP contribution is 2.32. The molecular weight excluding hydrogens is 266 g/mol. The van der Waals surface area contributed by atoms with Crippen molar-refractivity contribution < 1.29 is 9.53 Å². The van der Waals surface area contributed by atoms with Gasteiger partial charge in [-0.15, -0.1) is 0 Å². The van der Waals surface area contributed by atoms with E-state index in [1.165, 1.54) is 12.8 Å². The molecule has 0 aromatic carbocycles. The third-order valence-electron chi connectivity index (χ3n) is 4.79. The third kappa shape index (κ3) is 2.12. The Morgan fingerprint density at radius 1 is 1.33 bits per heavy atom. The van der Waals surface area contributed by atoms with Crippen LogP contribution in [0.3, 0.4) is 0 Å². The molecule has 0 spiro atoms. The van der Waals surface area contributed by atoms with E-state index in [1.54, 1.807) is 10.7 Å². The fraction of sp³-hybridized carbons (Fsp3) is 0.500. The topological polar surface area (TPSA) is 46.8 Å². The van der Waals surface area contributed by atoms with Crippen molar-refractivity contribution in [2.45, 2.75) is 32.4 Å². The summed E-state index contributed by atoms with van der Waals surface area (Å²) in [6.45, 7) is 4.08. The summed E-state index contributed by atoms with van der Waals surface area (Å²) >= 11 is 0. The van der Waals surface area contributed by atoms with Crippen LogP contribution in [0.5, 0.6) is 0 Å². The summed E-state index contributed by atoms with van der Waals surface area (Å²) in [7, 11) is 0. The minimum atomic E-state index is -0.256. The number of carbonyl (C=O) groups excluding carboxylic acids is 1. The minimum absolute atomic E-state index is 0.0511. The second kappa shape index (κ2) is 4.84. The van der Waals surface area contributed by atoms with Crippen LogP contribution in [0.15, 0.2) is 24.4 Å². The summed E-state index contributed by atoms with van der Waals surface area (Å²) in [5.41, 5.74) is 2.38. The van der Waals surface area contributed by atoms with Gasteiger partial charge in [0, 0.05) is 25.2 Å². The Kier molecular flexibility index (Phi) is 2.96. The number of hydrogen-bond acceptors (Lipinski definition) is 4. The summed E-state index contributed by atoms with van der Waals surface area (Å²) in [6.07, 6.45) is 5.02. The number of ether oxygens (including phenoxy) is 1. The van der Waals surface area contributed by atoms with Crippen LogP contribution in [-0.2, 0) is 4.74 Å². The molecule has 5 rings (SSSR count). The first-order chi connectivity index (χ1) is 10.2. The Balaban J connectivity index is 1.58. The van der Waals surface area contributed by atoms with E-state index in [9.17, 15) is 4.79 Å². The van der Waals surface area contributed by atoms with Gasteiger partial charge in [0.2, 0.25) is 0 Å². The zero-order valence-electron chi connectivity index (χ0n) is 12.2. The first-order valence-corrected chi connectivity index (χ1v) is 7.61. The van der Waals surface area contributed by atoms with Gasteiger partial charge in [-0.1, -0.05) is 6.07 Å². The molecule has 0 aliphatic carbocycles. The van der Waals surface area contributed by atoms with Crippen LogP contribution in [0, 0.1) is 12.8 Å². The Bertz CT molecular complexity index is 686. The molecule has 0 saturated carbocycles. The molecule has 0 amide bonds. The minimum Gasteiger partial charge on any atom is -0.443 e. The molecule has 2 aromatic rings. The molecule has 5 heteroatoms. The van der Waals surface area contributed by atoms with Gasteiger partial charge in [0.05, 0.1) is 11.7 Å². The van der Waals surface area contributed by atoms with Crippen LogP contribution in [-0.4, -0.2) is 39.8 Å². The monoisotopic (exact) mass is 285 g/mol. The van der Waals surface area contributed by atoms with Gasteiger partial charge in [0.15, 0.2) is 6.23 Å². The van der Waals surface area contributed by atoms with E-state index in [4.69, 9.17) is 4.74 Å². The molecule has 110 valence electrons. The fourth-order valence-electron chi connectivity index (χ4n) is 3.53. The quantitative estimate of drug-likeness (QED) is 0.794. The lowest BCUT2D eigenvalue weighted by molar-refractivity contribution is -0.0899. The maximum atomic E-state index is 12.5. The van der Waals surface area contributed by atoms with Gasteiger partial charge in [0.1, 0.15) is 5.56 Å². The first-order valence-electron chi connectivity index (χ1n) is 7.61. The van der Waals surface area contributed by atoms with Gasteiger partial charge in [-0.25, -0.2) is 9.31 Å². The third-order valence-corrected chi connectivity index (χ3v) is 4.79. The molecule has 3 aliphatic rings. The number of hydrogen-bond donors (Lipinski definition) is 0. The van der Waals surface area contributed by atoms with E-state index < -0.39 is 0 Å². The van der Waals surface area contributed by atoms with Crippen molar-refractivity contribution >= 4 is 11.5 Å². The maximum absolute atomic E-state index is 12.5. The largest absolute Gasteiger partial charge is 0.443 e. The van der Waals surface area contributed by atoms with Crippen LogP contribution in [0.1, 0.15) is 35.3 Å². The highest BCUT2D eigenvalue weighted by molar-refractivity contribution is 5.96. The molecule has 0 radical (unpaired) electrons. The number of piperidine rings is 3. The first kappa shape index (κ1) is 12.8. The van der Waals surface area contributed by atoms with E-state index >= 15 is 0 Å². The highest BCUT2D eigenvalue weighted by atomic mass is 16.6. The molecule has 5 heterocycles. The average molecular weight is 285 g/mol. The Morgan fingerprint density at radius 2 is 2.14 bits per heavy atom. The van der Waals surface area contributed by atoms with Crippen molar-refractivity contribution in [2.75, 3.05) is 13.1 Å². The van der Waals surface area contributed by atoms with Gasteiger partial charge in [-0.2, -0.15) is 5.10 Å². The predicted molar refractivity (Wildman–Crippen MR) is 78.0 cm³/mol. The van der Waals surface area contributed by atoms with Crippen molar-refractivity contribution in [3.8, 4) is 0 Å². The number of fused-ring (bicyclic) bond motifs is 4. The summed E-state index contributed by atoms with van der Waals surface area (Å²) in [5.74, 6) is 0.465. The molecule has 0 N–H and O–H groups in total. The molecular formula is C16H19N3O2. The summed E-state index contributed by atoms with van der Waals surface area (Å²) in [5, 5.41) is 4.28. The van der Waals surface area contributed by atoms with Gasteiger partial charge in [-0.3, -0.25) is 4.90 Å². The molecule has 3 fully saturated rings. The standard InChI is InChI=1S/C16H19N3O2/c1-11-3-2-4-14-13(10-17-19(11)14)16(20)21-15-9-12-5-7-18(15)8-6-12/h2-4,10,12,15H,5-9H2,1H3. The highest BCUT2D eigenvalue weighted by Gasteiger charge is 2.36. The maximum Gasteiger partial charge on any atom is 0.343 e. The molecule has 1 unspecified atom stereocenters. The van der Waals surface area contributed by atoms with Crippen molar-refractivity contribution in [3.05, 3.63) is 35.7 Å². The average Bonchev–Trinajstić information content (AvgIpc) is 2.94. The van der Waals surface area contributed by atoms with E-state index in [1.807, 2.05) is 25.1 Å². The van der Waals surface area contributed by atoms with Crippen LogP contribution in [0.2, 0.25) is 0 Å². The summed E-state index contributed by atoms with van der Waals surface area (Å²) in [4.78, 5) is 14.8. The number of esters is 1. The van der Waals surface area contributed by atoms with E-state index in [0.717, 1.165) is 36.6 Å². The molecule has 3 aliphatic heterocycles. The number of carbonyl (C=O) groups is 1. The number of pyridine rings is 1. The number of aromatic nitrogens is 2. The van der Waals surface area contributed by atoms with Gasteiger partial charge in [0.25, 0.3) is 0 Å². The second-order valence-electron chi connectivity index (χ2n) is 6.10. The zero-order chi connectivity index (χ0) is 14.4. The lowest BCUT2D eigenvalue weighted by Gasteiger charge is -2.44.